The number of anilines is 1. The van der Waals surface area contributed by atoms with Gasteiger partial charge in [0.1, 0.15) is 23.2 Å². The van der Waals surface area contributed by atoms with Crippen LogP contribution in [0.5, 0.6) is 11.6 Å². The normalized spacial score (nSPS) is 10.8. The molecule has 0 spiro atoms. The summed E-state index contributed by atoms with van der Waals surface area (Å²) >= 11 is 5.74. The van der Waals surface area contributed by atoms with Gasteiger partial charge in [0, 0.05) is 24.6 Å². The van der Waals surface area contributed by atoms with E-state index in [2.05, 4.69) is 15.3 Å². The molecule has 0 bridgehead atoms. The second-order valence-electron chi connectivity index (χ2n) is 4.81. The Kier molecular flexibility index (Phi) is 4.96. The molecule has 0 saturated carbocycles. The van der Waals surface area contributed by atoms with E-state index in [0.29, 0.717) is 23.3 Å². The summed E-state index contributed by atoms with van der Waals surface area (Å²) in [5.41, 5.74) is 0. The van der Waals surface area contributed by atoms with Crippen molar-refractivity contribution >= 4 is 17.4 Å². The average Bonchev–Trinajstić information content (AvgIpc) is 2.43. The van der Waals surface area contributed by atoms with Crippen molar-refractivity contribution in [3.63, 3.8) is 0 Å². The Hall–Kier alpha value is -1.88. The lowest BCUT2D eigenvalue weighted by Gasteiger charge is -2.11. The summed E-state index contributed by atoms with van der Waals surface area (Å²) in [4.78, 5) is 8.76. The molecule has 1 aromatic heterocycles. The summed E-state index contributed by atoms with van der Waals surface area (Å²) in [7, 11) is 0. The standard InChI is InChI=1S/C15H17ClFN3O/c1-4-18-13-8-14(20-15(19-13)9(2)3)21-10-5-6-12(17)11(16)7-10/h5-9H,4H2,1-3H3,(H,18,19,20). The predicted octanol–water partition coefficient (Wildman–Crippen LogP) is 4.62. The smallest absolute Gasteiger partial charge is 0.224 e. The molecule has 1 aromatic carbocycles. The second-order valence-corrected chi connectivity index (χ2v) is 5.22. The third-order valence-electron chi connectivity index (χ3n) is 2.71. The van der Waals surface area contributed by atoms with E-state index in [-0.39, 0.29) is 10.9 Å². The number of hydrogen-bond acceptors (Lipinski definition) is 4. The van der Waals surface area contributed by atoms with E-state index >= 15 is 0 Å². The van der Waals surface area contributed by atoms with Gasteiger partial charge in [-0.1, -0.05) is 25.4 Å². The highest BCUT2D eigenvalue weighted by molar-refractivity contribution is 6.30. The monoisotopic (exact) mass is 309 g/mol. The van der Waals surface area contributed by atoms with Gasteiger partial charge in [-0.25, -0.2) is 9.37 Å². The maximum atomic E-state index is 13.1. The Labute approximate surface area is 128 Å². The molecule has 112 valence electrons. The molecule has 0 amide bonds. The SMILES string of the molecule is CCNc1cc(Oc2ccc(F)c(Cl)c2)nc(C(C)C)n1. The van der Waals surface area contributed by atoms with Crippen LogP contribution >= 0.6 is 11.6 Å². The van der Waals surface area contributed by atoms with Crippen LogP contribution in [0.1, 0.15) is 32.5 Å². The Morgan fingerprint density at radius 3 is 2.67 bits per heavy atom. The van der Waals surface area contributed by atoms with Crippen molar-refractivity contribution in [2.24, 2.45) is 0 Å². The first-order chi connectivity index (χ1) is 9.99. The number of ether oxygens (including phenoxy) is 1. The minimum absolute atomic E-state index is 0.0116. The number of rotatable bonds is 5. The highest BCUT2D eigenvalue weighted by Gasteiger charge is 2.10. The first kappa shape index (κ1) is 15.5. The van der Waals surface area contributed by atoms with Gasteiger partial charge in [-0.2, -0.15) is 4.98 Å². The van der Waals surface area contributed by atoms with E-state index in [4.69, 9.17) is 16.3 Å². The summed E-state index contributed by atoms with van der Waals surface area (Å²) in [5.74, 6) is 1.88. The van der Waals surface area contributed by atoms with Crippen LogP contribution in [0.15, 0.2) is 24.3 Å². The lowest BCUT2D eigenvalue weighted by Crippen LogP contribution is -2.05. The molecule has 2 aromatic rings. The van der Waals surface area contributed by atoms with Crippen LogP contribution in [0.3, 0.4) is 0 Å². The third kappa shape index (κ3) is 4.04. The molecule has 1 heterocycles. The third-order valence-corrected chi connectivity index (χ3v) is 3.00. The van der Waals surface area contributed by atoms with Gasteiger partial charge in [0.2, 0.25) is 5.88 Å². The highest BCUT2D eigenvalue weighted by atomic mass is 35.5. The van der Waals surface area contributed by atoms with Crippen LogP contribution < -0.4 is 10.1 Å². The number of aromatic nitrogens is 2. The molecule has 0 aliphatic heterocycles. The Morgan fingerprint density at radius 1 is 1.29 bits per heavy atom. The molecule has 0 fully saturated rings. The van der Waals surface area contributed by atoms with Gasteiger partial charge in [0.25, 0.3) is 0 Å². The molecule has 0 unspecified atom stereocenters. The summed E-state index contributed by atoms with van der Waals surface area (Å²) in [6.45, 7) is 6.74. The van der Waals surface area contributed by atoms with Gasteiger partial charge in [-0.3, -0.25) is 0 Å². The maximum Gasteiger partial charge on any atom is 0.224 e. The number of nitrogens with zero attached hydrogens (tertiary/aromatic N) is 2. The lowest BCUT2D eigenvalue weighted by atomic mass is 10.2. The van der Waals surface area contributed by atoms with Crippen LogP contribution in [0.2, 0.25) is 5.02 Å². The molecular formula is C15H17ClFN3O. The van der Waals surface area contributed by atoms with Crippen LogP contribution in [0.25, 0.3) is 0 Å². The van der Waals surface area contributed by atoms with E-state index in [1.54, 1.807) is 6.07 Å². The zero-order valence-corrected chi connectivity index (χ0v) is 12.9. The molecule has 2 rings (SSSR count). The van der Waals surface area contributed by atoms with Crippen molar-refractivity contribution < 1.29 is 9.13 Å². The van der Waals surface area contributed by atoms with Crippen molar-refractivity contribution in [3.8, 4) is 11.6 Å². The van der Waals surface area contributed by atoms with Crippen molar-refractivity contribution in [3.05, 3.63) is 40.9 Å². The van der Waals surface area contributed by atoms with Gasteiger partial charge in [-0.05, 0) is 19.1 Å². The summed E-state index contributed by atoms with van der Waals surface area (Å²) in [5, 5.41) is 3.14. The first-order valence-electron chi connectivity index (χ1n) is 6.75. The van der Waals surface area contributed by atoms with Crippen molar-refractivity contribution in [1.29, 1.82) is 0 Å². The molecule has 0 aliphatic carbocycles. The average molecular weight is 310 g/mol. The molecule has 1 N–H and O–H groups in total. The fourth-order valence-electron chi connectivity index (χ4n) is 1.69. The molecule has 0 aliphatic rings. The van der Waals surface area contributed by atoms with Crippen molar-refractivity contribution in [1.82, 2.24) is 9.97 Å². The van der Waals surface area contributed by atoms with Gasteiger partial charge >= 0.3 is 0 Å². The van der Waals surface area contributed by atoms with Gasteiger partial charge in [-0.15, -0.1) is 0 Å². The number of halogens is 2. The zero-order valence-electron chi connectivity index (χ0n) is 12.2. The lowest BCUT2D eigenvalue weighted by molar-refractivity contribution is 0.456. The minimum Gasteiger partial charge on any atom is -0.439 e. The summed E-state index contributed by atoms with van der Waals surface area (Å²) < 4.78 is 18.8. The predicted molar refractivity (Wildman–Crippen MR) is 81.8 cm³/mol. The number of nitrogens with one attached hydrogen (secondary N) is 1. The van der Waals surface area contributed by atoms with E-state index in [0.717, 1.165) is 6.54 Å². The Balaban J connectivity index is 2.31. The fraction of sp³-hybridized carbons (Fsp3) is 0.333. The molecule has 0 atom stereocenters. The van der Waals surface area contributed by atoms with Gasteiger partial charge in [0.05, 0.1) is 5.02 Å². The molecule has 6 heteroatoms. The molecule has 0 saturated heterocycles. The first-order valence-corrected chi connectivity index (χ1v) is 7.13. The van der Waals surface area contributed by atoms with E-state index in [9.17, 15) is 4.39 Å². The van der Waals surface area contributed by atoms with Gasteiger partial charge < -0.3 is 10.1 Å². The molecule has 0 radical (unpaired) electrons. The number of hydrogen-bond donors (Lipinski definition) is 1. The van der Waals surface area contributed by atoms with Crippen LogP contribution in [-0.2, 0) is 0 Å². The largest absolute Gasteiger partial charge is 0.439 e. The Bertz CT molecular complexity index is 634. The van der Waals surface area contributed by atoms with Crippen molar-refractivity contribution in [2.45, 2.75) is 26.7 Å². The highest BCUT2D eigenvalue weighted by Crippen LogP contribution is 2.27. The quantitative estimate of drug-likeness (QED) is 0.875. The Morgan fingerprint density at radius 2 is 2.05 bits per heavy atom. The summed E-state index contributed by atoms with van der Waals surface area (Å²) in [6, 6.07) is 5.88. The molecular weight excluding hydrogens is 293 g/mol. The summed E-state index contributed by atoms with van der Waals surface area (Å²) in [6.07, 6.45) is 0. The number of benzene rings is 1. The van der Waals surface area contributed by atoms with Crippen molar-refractivity contribution in [2.75, 3.05) is 11.9 Å². The van der Waals surface area contributed by atoms with Crippen LogP contribution in [-0.4, -0.2) is 16.5 Å². The zero-order chi connectivity index (χ0) is 15.4. The van der Waals surface area contributed by atoms with E-state index in [1.807, 2.05) is 20.8 Å². The maximum absolute atomic E-state index is 13.1. The van der Waals surface area contributed by atoms with Gasteiger partial charge in [0.15, 0.2) is 0 Å². The van der Waals surface area contributed by atoms with E-state index in [1.165, 1.54) is 18.2 Å². The topological polar surface area (TPSA) is 47.0 Å². The van der Waals surface area contributed by atoms with Crippen LogP contribution in [0.4, 0.5) is 10.2 Å². The molecule has 21 heavy (non-hydrogen) atoms. The van der Waals surface area contributed by atoms with E-state index < -0.39 is 5.82 Å². The molecule has 4 nitrogen and oxygen atoms in total. The van der Waals surface area contributed by atoms with Crippen LogP contribution in [0, 0.1) is 5.82 Å². The minimum atomic E-state index is -0.483. The second kappa shape index (κ2) is 6.72. The fourth-order valence-corrected chi connectivity index (χ4v) is 1.86.